The van der Waals surface area contributed by atoms with Crippen LogP contribution in [0.15, 0.2) is 46.5 Å². The number of benzene rings is 1. The summed E-state index contributed by atoms with van der Waals surface area (Å²) >= 11 is 0. The van der Waals surface area contributed by atoms with Crippen molar-refractivity contribution >= 4 is 27.6 Å². The van der Waals surface area contributed by atoms with Crippen LogP contribution in [0.5, 0.6) is 0 Å². The molecule has 0 unspecified atom stereocenters. The molecular weight excluding hydrogens is 356 g/mol. The Kier molecular flexibility index (Phi) is 4.78. The van der Waals surface area contributed by atoms with Crippen LogP contribution in [0.1, 0.15) is 21.5 Å². The second-order valence-corrected chi connectivity index (χ2v) is 7.92. The maximum Gasteiger partial charge on any atom is 0.340 e. The highest BCUT2D eigenvalue weighted by Crippen LogP contribution is 2.17. The smallest absolute Gasteiger partial charge is 0.340 e. The van der Waals surface area contributed by atoms with Gasteiger partial charge in [0.05, 0.1) is 11.3 Å². The summed E-state index contributed by atoms with van der Waals surface area (Å²) in [6, 6.07) is 5.53. The zero-order chi connectivity index (χ0) is 18.9. The number of hydrogen-bond donors (Lipinski definition) is 0. The Morgan fingerprint density at radius 2 is 2.00 bits per heavy atom. The molecule has 8 heteroatoms. The van der Waals surface area contributed by atoms with Crippen LogP contribution in [0.2, 0.25) is 0 Å². The van der Waals surface area contributed by atoms with E-state index >= 15 is 0 Å². The van der Waals surface area contributed by atoms with Crippen LogP contribution in [0, 0.1) is 13.8 Å². The molecular formula is C18H18N2O5S. The van der Waals surface area contributed by atoms with Gasteiger partial charge in [0.15, 0.2) is 6.61 Å². The van der Waals surface area contributed by atoms with Crippen LogP contribution < -0.4 is 0 Å². The van der Waals surface area contributed by atoms with E-state index in [0.717, 1.165) is 11.1 Å². The predicted octanol–water partition coefficient (Wildman–Crippen LogP) is 1.53. The van der Waals surface area contributed by atoms with Crippen molar-refractivity contribution < 1.29 is 22.7 Å². The first-order valence-corrected chi connectivity index (χ1v) is 9.63. The Bertz CT molecular complexity index is 973. The first-order chi connectivity index (χ1) is 12.2. The van der Waals surface area contributed by atoms with Crippen LogP contribution >= 0.6 is 0 Å². The van der Waals surface area contributed by atoms with Gasteiger partial charge < -0.3 is 9.64 Å². The molecule has 0 saturated heterocycles. The van der Waals surface area contributed by atoms with E-state index in [0.29, 0.717) is 5.56 Å². The lowest BCUT2D eigenvalue weighted by Crippen LogP contribution is -2.37. The number of nitrogens with zero attached hydrogens (tertiary/aromatic N) is 2. The van der Waals surface area contributed by atoms with Crippen LogP contribution in [0.4, 0.5) is 0 Å². The van der Waals surface area contributed by atoms with E-state index in [1.807, 2.05) is 26.0 Å². The fourth-order valence-electron chi connectivity index (χ4n) is 2.65. The summed E-state index contributed by atoms with van der Waals surface area (Å²) in [6.45, 7) is 3.57. The quantitative estimate of drug-likeness (QED) is 0.586. The van der Waals surface area contributed by atoms with Crippen LogP contribution in [0.3, 0.4) is 0 Å². The highest BCUT2D eigenvalue weighted by molar-refractivity contribution is 7.90. The third kappa shape index (κ3) is 3.91. The van der Waals surface area contributed by atoms with Gasteiger partial charge in [-0.15, -0.1) is 4.40 Å². The molecule has 0 bridgehead atoms. The van der Waals surface area contributed by atoms with Crippen molar-refractivity contribution in [1.82, 2.24) is 4.90 Å². The monoisotopic (exact) mass is 374 g/mol. The van der Waals surface area contributed by atoms with Gasteiger partial charge in [0, 0.05) is 18.3 Å². The summed E-state index contributed by atoms with van der Waals surface area (Å²) in [5, 5.41) is 0. The van der Waals surface area contributed by atoms with Gasteiger partial charge in [-0.05, 0) is 37.6 Å². The summed E-state index contributed by atoms with van der Waals surface area (Å²) in [7, 11) is -3.45. The number of hydrogen-bond acceptors (Lipinski definition) is 6. The molecule has 0 atom stereocenters. The predicted molar refractivity (Wildman–Crippen MR) is 96.4 cm³/mol. The fraction of sp³-hybridized carbons (Fsp3) is 0.278. The zero-order valence-electron chi connectivity index (χ0n) is 14.4. The lowest BCUT2D eigenvalue weighted by Gasteiger charge is -2.26. The average Bonchev–Trinajstić information content (AvgIpc) is 2.60. The summed E-state index contributed by atoms with van der Waals surface area (Å²) in [6.07, 6.45) is 4.36. The average molecular weight is 374 g/mol. The SMILES string of the molecule is Cc1ccc(C)c(C(=O)COC(=O)C2=CN3CCS(=O)(=O)N=C3C=C2)c1. The van der Waals surface area contributed by atoms with E-state index in [1.54, 1.807) is 11.0 Å². The first kappa shape index (κ1) is 18.1. The lowest BCUT2D eigenvalue weighted by atomic mass is 10.0. The van der Waals surface area contributed by atoms with E-state index in [9.17, 15) is 18.0 Å². The van der Waals surface area contributed by atoms with E-state index in [4.69, 9.17) is 4.74 Å². The van der Waals surface area contributed by atoms with Crippen LogP contribution in [0.25, 0.3) is 0 Å². The molecule has 0 radical (unpaired) electrons. The van der Waals surface area contributed by atoms with Gasteiger partial charge in [-0.1, -0.05) is 17.7 Å². The minimum Gasteiger partial charge on any atom is -0.454 e. The lowest BCUT2D eigenvalue weighted by molar-refractivity contribution is -0.137. The Morgan fingerprint density at radius 1 is 1.23 bits per heavy atom. The molecule has 0 aromatic heterocycles. The van der Waals surface area contributed by atoms with Crippen LogP contribution in [-0.2, 0) is 19.6 Å². The Balaban J connectivity index is 1.66. The van der Waals surface area contributed by atoms with E-state index in [2.05, 4.69) is 4.40 Å². The van der Waals surface area contributed by atoms with E-state index in [1.165, 1.54) is 18.4 Å². The highest BCUT2D eigenvalue weighted by atomic mass is 32.2. The number of rotatable bonds is 4. The van der Waals surface area contributed by atoms with E-state index < -0.39 is 16.0 Å². The number of esters is 1. The van der Waals surface area contributed by atoms with Crippen molar-refractivity contribution in [2.75, 3.05) is 18.9 Å². The Hall–Kier alpha value is -2.74. The Labute approximate surface area is 151 Å². The van der Waals surface area contributed by atoms with Crippen molar-refractivity contribution in [2.24, 2.45) is 4.40 Å². The van der Waals surface area contributed by atoms with Crippen molar-refractivity contribution in [2.45, 2.75) is 13.8 Å². The minimum atomic E-state index is -3.45. The van der Waals surface area contributed by atoms with Gasteiger partial charge >= 0.3 is 5.97 Å². The number of Topliss-reactive ketones (excluding diaryl/α,β-unsaturated/α-hetero) is 1. The van der Waals surface area contributed by atoms with Gasteiger partial charge in [0.25, 0.3) is 10.0 Å². The van der Waals surface area contributed by atoms with Gasteiger partial charge in [-0.25, -0.2) is 13.2 Å². The number of carbonyl (C=O) groups is 2. The second kappa shape index (κ2) is 6.87. The summed E-state index contributed by atoms with van der Waals surface area (Å²) in [5.41, 5.74) is 2.54. The molecule has 3 rings (SSSR count). The van der Waals surface area contributed by atoms with Gasteiger partial charge in [-0.3, -0.25) is 4.79 Å². The number of ether oxygens (including phenoxy) is 1. The maximum atomic E-state index is 12.3. The highest BCUT2D eigenvalue weighted by Gasteiger charge is 2.25. The van der Waals surface area contributed by atoms with E-state index in [-0.39, 0.29) is 36.1 Å². The summed E-state index contributed by atoms with van der Waals surface area (Å²) in [4.78, 5) is 26.1. The van der Waals surface area contributed by atoms with Gasteiger partial charge in [0.2, 0.25) is 5.78 Å². The molecule has 2 aliphatic heterocycles. The Morgan fingerprint density at radius 3 is 2.77 bits per heavy atom. The maximum absolute atomic E-state index is 12.3. The number of ketones is 1. The van der Waals surface area contributed by atoms with Gasteiger partial charge in [-0.2, -0.15) is 0 Å². The van der Waals surface area contributed by atoms with Crippen molar-refractivity contribution in [1.29, 1.82) is 0 Å². The number of sulfonamides is 1. The first-order valence-electron chi connectivity index (χ1n) is 8.02. The molecule has 0 saturated carbocycles. The third-order valence-corrected chi connectivity index (χ3v) is 5.25. The second-order valence-electron chi connectivity index (χ2n) is 6.16. The normalized spacial score (nSPS) is 17.8. The topological polar surface area (TPSA) is 93.1 Å². The number of carbonyl (C=O) groups excluding carboxylic acids is 2. The third-order valence-electron chi connectivity index (χ3n) is 4.09. The fourth-order valence-corrected chi connectivity index (χ4v) is 3.62. The molecule has 1 aromatic rings. The zero-order valence-corrected chi connectivity index (χ0v) is 15.2. The number of fused-ring (bicyclic) bond motifs is 1. The molecule has 0 fully saturated rings. The minimum absolute atomic E-state index is 0.117. The molecule has 136 valence electrons. The molecule has 2 heterocycles. The van der Waals surface area contributed by atoms with Crippen molar-refractivity contribution in [3.8, 4) is 0 Å². The molecule has 26 heavy (non-hydrogen) atoms. The number of aryl methyl sites for hydroxylation is 2. The number of amidine groups is 1. The van der Waals surface area contributed by atoms with Gasteiger partial charge in [0.1, 0.15) is 5.84 Å². The summed E-state index contributed by atoms with van der Waals surface area (Å²) < 4.78 is 31.7. The molecule has 0 amide bonds. The van der Waals surface area contributed by atoms with Crippen LogP contribution in [-0.4, -0.2) is 49.8 Å². The molecule has 0 aliphatic carbocycles. The molecule has 0 N–H and O–H groups in total. The summed E-state index contributed by atoms with van der Waals surface area (Å²) in [5.74, 6) is -0.771. The largest absolute Gasteiger partial charge is 0.454 e. The standard InChI is InChI=1S/C18H18N2O5S/c1-12-3-4-13(2)15(9-12)16(21)11-25-18(22)14-5-6-17-19-26(23,24)8-7-20(17)10-14/h3-6,9-10H,7-8,11H2,1-2H3. The van der Waals surface area contributed by atoms with Crippen molar-refractivity contribution in [3.05, 3.63) is 58.8 Å². The molecule has 7 nitrogen and oxygen atoms in total. The molecule has 0 spiro atoms. The van der Waals surface area contributed by atoms with Crippen molar-refractivity contribution in [3.63, 3.8) is 0 Å². The molecule has 2 aliphatic rings. The molecule has 1 aromatic carbocycles.